The number of hydrogen-bond donors (Lipinski definition) is 1. The van der Waals surface area contributed by atoms with Crippen LogP contribution in [0.5, 0.6) is 11.5 Å². The van der Waals surface area contributed by atoms with Gasteiger partial charge in [0.2, 0.25) is 0 Å². The van der Waals surface area contributed by atoms with Gasteiger partial charge in [0, 0.05) is 21.3 Å². The zero-order chi connectivity index (χ0) is 16.9. The standard InChI is InChI=1S/C19H13Cl2NO2/c20-14-3-1-13(2-4-14)19(23)22-16-7-11-18(12-8-16)24-17-9-5-15(21)6-10-17/h1-12H,(H,22,23). The van der Waals surface area contributed by atoms with Gasteiger partial charge in [-0.25, -0.2) is 0 Å². The molecule has 1 N–H and O–H groups in total. The van der Waals surface area contributed by atoms with Crippen molar-refractivity contribution < 1.29 is 9.53 Å². The molecule has 0 aliphatic carbocycles. The predicted octanol–water partition coefficient (Wildman–Crippen LogP) is 6.04. The maximum Gasteiger partial charge on any atom is 0.255 e. The summed E-state index contributed by atoms with van der Waals surface area (Å²) in [5, 5.41) is 4.07. The molecule has 0 aromatic heterocycles. The summed E-state index contributed by atoms with van der Waals surface area (Å²) in [6, 6.07) is 20.9. The van der Waals surface area contributed by atoms with Crippen LogP contribution >= 0.6 is 23.2 Å². The Bertz CT molecular complexity index is 829. The van der Waals surface area contributed by atoms with Gasteiger partial charge >= 0.3 is 0 Å². The minimum absolute atomic E-state index is 0.196. The first-order valence-electron chi connectivity index (χ1n) is 7.20. The molecular weight excluding hydrogens is 345 g/mol. The van der Waals surface area contributed by atoms with Crippen molar-refractivity contribution >= 4 is 34.8 Å². The van der Waals surface area contributed by atoms with Gasteiger partial charge in [-0.05, 0) is 72.8 Å². The molecule has 120 valence electrons. The maximum atomic E-state index is 12.1. The Balaban J connectivity index is 1.64. The van der Waals surface area contributed by atoms with Crippen LogP contribution in [0.3, 0.4) is 0 Å². The van der Waals surface area contributed by atoms with E-state index in [1.807, 2.05) is 0 Å². The van der Waals surface area contributed by atoms with E-state index >= 15 is 0 Å². The largest absolute Gasteiger partial charge is 0.457 e. The number of rotatable bonds is 4. The van der Waals surface area contributed by atoms with Crippen molar-refractivity contribution in [3.63, 3.8) is 0 Å². The van der Waals surface area contributed by atoms with Crippen LogP contribution in [0, 0.1) is 0 Å². The molecule has 5 heteroatoms. The lowest BCUT2D eigenvalue weighted by Crippen LogP contribution is -2.11. The monoisotopic (exact) mass is 357 g/mol. The van der Waals surface area contributed by atoms with Gasteiger partial charge in [-0.15, -0.1) is 0 Å². The van der Waals surface area contributed by atoms with Crippen molar-refractivity contribution in [2.75, 3.05) is 5.32 Å². The molecule has 3 aromatic carbocycles. The zero-order valence-electron chi connectivity index (χ0n) is 12.5. The molecule has 1 amide bonds. The Morgan fingerprint density at radius 3 is 1.71 bits per heavy atom. The third-order valence-corrected chi connectivity index (χ3v) is 3.77. The molecule has 0 aliphatic rings. The molecular formula is C19H13Cl2NO2. The van der Waals surface area contributed by atoms with E-state index < -0.39 is 0 Å². The van der Waals surface area contributed by atoms with Crippen LogP contribution in [0.2, 0.25) is 10.0 Å². The van der Waals surface area contributed by atoms with Gasteiger partial charge in [0.1, 0.15) is 11.5 Å². The Hall–Kier alpha value is -2.49. The van der Waals surface area contributed by atoms with E-state index in [2.05, 4.69) is 5.32 Å². The maximum absolute atomic E-state index is 12.1. The fourth-order valence-corrected chi connectivity index (χ4v) is 2.30. The number of hydrogen-bond acceptors (Lipinski definition) is 2. The zero-order valence-corrected chi connectivity index (χ0v) is 14.0. The second kappa shape index (κ2) is 7.39. The van der Waals surface area contributed by atoms with Crippen LogP contribution in [-0.4, -0.2) is 5.91 Å². The minimum atomic E-state index is -0.196. The van der Waals surface area contributed by atoms with Gasteiger partial charge in [0.15, 0.2) is 0 Å². The van der Waals surface area contributed by atoms with Crippen molar-refractivity contribution in [2.45, 2.75) is 0 Å². The molecule has 0 spiro atoms. The number of halogens is 2. The summed E-state index contributed by atoms with van der Waals surface area (Å²) in [7, 11) is 0. The molecule has 3 nitrogen and oxygen atoms in total. The number of amides is 1. The first-order valence-corrected chi connectivity index (χ1v) is 7.96. The number of nitrogens with one attached hydrogen (secondary N) is 1. The second-order valence-corrected chi connectivity index (χ2v) is 5.91. The number of carbonyl (C=O) groups excluding carboxylic acids is 1. The quantitative estimate of drug-likeness (QED) is 0.618. The Labute approximate surface area is 149 Å². The highest BCUT2D eigenvalue weighted by molar-refractivity contribution is 6.30. The average Bonchev–Trinajstić information content (AvgIpc) is 2.59. The first-order chi connectivity index (χ1) is 11.6. The summed E-state index contributed by atoms with van der Waals surface area (Å²) in [6.07, 6.45) is 0. The van der Waals surface area contributed by atoms with Crippen molar-refractivity contribution in [3.8, 4) is 11.5 Å². The summed E-state index contributed by atoms with van der Waals surface area (Å²) >= 11 is 11.7. The van der Waals surface area contributed by atoms with Crippen LogP contribution < -0.4 is 10.1 Å². The molecule has 0 radical (unpaired) electrons. The minimum Gasteiger partial charge on any atom is -0.457 e. The van der Waals surface area contributed by atoms with Gasteiger partial charge in [-0.2, -0.15) is 0 Å². The van der Waals surface area contributed by atoms with Crippen LogP contribution in [0.4, 0.5) is 5.69 Å². The molecule has 3 aromatic rings. The van der Waals surface area contributed by atoms with E-state index in [9.17, 15) is 4.79 Å². The van der Waals surface area contributed by atoms with Crippen LogP contribution in [0.25, 0.3) is 0 Å². The smallest absolute Gasteiger partial charge is 0.255 e. The van der Waals surface area contributed by atoms with Crippen molar-refractivity contribution in [1.82, 2.24) is 0 Å². The Kier molecular flexibility index (Phi) is 5.04. The van der Waals surface area contributed by atoms with Gasteiger partial charge in [-0.3, -0.25) is 4.79 Å². The number of ether oxygens (including phenoxy) is 1. The van der Waals surface area contributed by atoms with Crippen LogP contribution in [0.1, 0.15) is 10.4 Å². The highest BCUT2D eigenvalue weighted by Crippen LogP contribution is 2.24. The number of anilines is 1. The highest BCUT2D eigenvalue weighted by Gasteiger charge is 2.06. The van der Waals surface area contributed by atoms with E-state index in [0.717, 1.165) is 0 Å². The third-order valence-electron chi connectivity index (χ3n) is 3.27. The van der Waals surface area contributed by atoms with Crippen molar-refractivity contribution in [2.24, 2.45) is 0 Å². The molecule has 0 bridgehead atoms. The highest BCUT2D eigenvalue weighted by atomic mass is 35.5. The van der Waals surface area contributed by atoms with E-state index in [4.69, 9.17) is 27.9 Å². The van der Waals surface area contributed by atoms with Gasteiger partial charge < -0.3 is 10.1 Å². The number of carbonyl (C=O) groups is 1. The van der Waals surface area contributed by atoms with E-state index in [-0.39, 0.29) is 5.91 Å². The normalized spacial score (nSPS) is 10.2. The molecule has 0 saturated carbocycles. The predicted molar refractivity (Wildman–Crippen MR) is 97.4 cm³/mol. The summed E-state index contributed by atoms with van der Waals surface area (Å²) in [4.78, 5) is 12.1. The van der Waals surface area contributed by atoms with Crippen LogP contribution in [-0.2, 0) is 0 Å². The fourth-order valence-electron chi connectivity index (χ4n) is 2.05. The Morgan fingerprint density at radius 2 is 1.17 bits per heavy atom. The molecule has 24 heavy (non-hydrogen) atoms. The summed E-state index contributed by atoms with van der Waals surface area (Å²) < 4.78 is 5.71. The number of benzene rings is 3. The lowest BCUT2D eigenvalue weighted by atomic mass is 10.2. The average molecular weight is 358 g/mol. The van der Waals surface area contributed by atoms with Gasteiger partial charge in [0.05, 0.1) is 0 Å². The molecule has 0 aliphatic heterocycles. The fraction of sp³-hybridized carbons (Fsp3) is 0. The molecule has 0 saturated heterocycles. The van der Waals surface area contributed by atoms with E-state index in [0.29, 0.717) is 32.8 Å². The molecule has 0 atom stereocenters. The van der Waals surface area contributed by atoms with E-state index in [1.165, 1.54) is 0 Å². The van der Waals surface area contributed by atoms with Crippen molar-refractivity contribution in [3.05, 3.63) is 88.4 Å². The van der Waals surface area contributed by atoms with Crippen molar-refractivity contribution in [1.29, 1.82) is 0 Å². The van der Waals surface area contributed by atoms with Gasteiger partial charge in [0.25, 0.3) is 5.91 Å². The summed E-state index contributed by atoms with van der Waals surface area (Å²) in [5.74, 6) is 1.16. The van der Waals surface area contributed by atoms with Gasteiger partial charge in [-0.1, -0.05) is 23.2 Å². The SMILES string of the molecule is O=C(Nc1ccc(Oc2ccc(Cl)cc2)cc1)c1ccc(Cl)cc1. The third kappa shape index (κ3) is 4.28. The lowest BCUT2D eigenvalue weighted by molar-refractivity contribution is 0.102. The first kappa shape index (κ1) is 16.4. The molecule has 0 heterocycles. The summed E-state index contributed by atoms with van der Waals surface area (Å²) in [6.45, 7) is 0. The van der Waals surface area contributed by atoms with E-state index in [1.54, 1.807) is 72.8 Å². The molecule has 0 fully saturated rings. The summed E-state index contributed by atoms with van der Waals surface area (Å²) in [5.41, 5.74) is 1.22. The molecule has 3 rings (SSSR count). The topological polar surface area (TPSA) is 38.3 Å². The molecule has 0 unspecified atom stereocenters. The Morgan fingerprint density at radius 1 is 0.708 bits per heavy atom. The van der Waals surface area contributed by atoms with Crippen LogP contribution in [0.15, 0.2) is 72.8 Å². The lowest BCUT2D eigenvalue weighted by Gasteiger charge is -2.08. The second-order valence-electron chi connectivity index (χ2n) is 5.04.